The molecule has 0 amide bonds. The van der Waals surface area contributed by atoms with Crippen LogP contribution in [-0.2, 0) is 0 Å². The van der Waals surface area contributed by atoms with E-state index in [0.29, 0.717) is 18.7 Å². The molecule has 5 heteroatoms. The molecule has 1 rings (SSSR count). The van der Waals surface area contributed by atoms with Crippen LogP contribution < -0.4 is 10.5 Å². The van der Waals surface area contributed by atoms with Crippen LogP contribution in [0.2, 0.25) is 0 Å². The number of aliphatic hydroxyl groups excluding tert-OH is 1. The molecule has 0 aliphatic rings. The van der Waals surface area contributed by atoms with Gasteiger partial charge >= 0.3 is 6.01 Å². The minimum Gasteiger partial charge on any atom is -0.463 e. The minimum absolute atomic E-state index is 0.106. The molecule has 1 aromatic heterocycles. The van der Waals surface area contributed by atoms with Gasteiger partial charge in [0.05, 0.1) is 24.7 Å². The van der Waals surface area contributed by atoms with E-state index in [4.69, 9.17) is 15.6 Å². The molecule has 0 bridgehead atoms. The maximum atomic E-state index is 8.45. The number of nitrogens with two attached hydrogens (primary N) is 1. The standard InChI is InChI=1S/C7H11N3O2/c8-6-4-9-7(10-5-6)12-3-1-2-11/h4-5,11H,1-3,8H2. The second kappa shape index (κ2) is 4.50. The smallest absolute Gasteiger partial charge is 0.316 e. The molecule has 12 heavy (non-hydrogen) atoms. The zero-order valence-electron chi connectivity index (χ0n) is 6.60. The molecule has 3 N–H and O–H groups in total. The van der Waals surface area contributed by atoms with Crippen LogP contribution in [0.4, 0.5) is 5.69 Å². The van der Waals surface area contributed by atoms with Gasteiger partial charge in [-0.05, 0) is 0 Å². The average molecular weight is 169 g/mol. The Balaban J connectivity index is 2.37. The van der Waals surface area contributed by atoms with E-state index in [2.05, 4.69) is 9.97 Å². The van der Waals surface area contributed by atoms with Crippen molar-refractivity contribution in [2.75, 3.05) is 18.9 Å². The minimum atomic E-state index is 0.106. The highest BCUT2D eigenvalue weighted by atomic mass is 16.5. The van der Waals surface area contributed by atoms with E-state index in [0.717, 1.165) is 0 Å². The van der Waals surface area contributed by atoms with Crippen LogP contribution in [0.5, 0.6) is 6.01 Å². The summed E-state index contributed by atoms with van der Waals surface area (Å²) in [7, 11) is 0. The predicted octanol–water partition coefficient (Wildman–Crippen LogP) is -0.180. The fraction of sp³-hybridized carbons (Fsp3) is 0.429. The molecule has 5 nitrogen and oxygen atoms in total. The van der Waals surface area contributed by atoms with Crippen LogP contribution in [-0.4, -0.2) is 28.3 Å². The van der Waals surface area contributed by atoms with Crippen molar-refractivity contribution in [2.45, 2.75) is 6.42 Å². The number of ether oxygens (including phenoxy) is 1. The maximum Gasteiger partial charge on any atom is 0.316 e. The third-order valence-electron chi connectivity index (χ3n) is 1.18. The molecule has 0 aliphatic heterocycles. The zero-order valence-corrected chi connectivity index (χ0v) is 6.60. The molecule has 0 fully saturated rings. The summed E-state index contributed by atoms with van der Waals surface area (Å²) in [4.78, 5) is 7.62. The Labute approximate surface area is 70.2 Å². The lowest BCUT2D eigenvalue weighted by atomic mass is 10.5. The first-order valence-corrected chi connectivity index (χ1v) is 3.64. The molecule has 0 saturated heterocycles. The third-order valence-corrected chi connectivity index (χ3v) is 1.18. The van der Waals surface area contributed by atoms with Crippen LogP contribution >= 0.6 is 0 Å². The van der Waals surface area contributed by atoms with Crippen molar-refractivity contribution < 1.29 is 9.84 Å². The molecule has 1 heterocycles. The first kappa shape index (κ1) is 8.73. The van der Waals surface area contributed by atoms with Gasteiger partial charge in [-0.15, -0.1) is 0 Å². The Kier molecular flexibility index (Phi) is 3.28. The second-order valence-electron chi connectivity index (χ2n) is 2.22. The lowest BCUT2D eigenvalue weighted by Crippen LogP contribution is -2.03. The van der Waals surface area contributed by atoms with Gasteiger partial charge in [-0.3, -0.25) is 0 Å². The van der Waals surface area contributed by atoms with Gasteiger partial charge in [0.15, 0.2) is 0 Å². The highest BCUT2D eigenvalue weighted by Crippen LogP contribution is 2.02. The summed E-state index contributed by atoms with van der Waals surface area (Å²) in [5, 5.41) is 8.45. The number of rotatable bonds is 4. The quantitative estimate of drug-likeness (QED) is 0.611. The summed E-state index contributed by atoms with van der Waals surface area (Å²) in [5.74, 6) is 0. The molecule has 0 aromatic carbocycles. The molecule has 66 valence electrons. The van der Waals surface area contributed by atoms with Crippen LogP contribution in [0, 0.1) is 0 Å². The lowest BCUT2D eigenvalue weighted by Gasteiger charge is -2.01. The lowest BCUT2D eigenvalue weighted by molar-refractivity contribution is 0.224. The molecule has 0 unspecified atom stereocenters. The van der Waals surface area contributed by atoms with Crippen molar-refractivity contribution in [2.24, 2.45) is 0 Å². The number of nitrogens with zero attached hydrogens (tertiary/aromatic N) is 2. The average Bonchev–Trinajstić information content (AvgIpc) is 2.09. The summed E-state index contributed by atoms with van der Waals surface area (Å²) >= 11 is 0. The van der Waals surface area contributed by atoms with Crippen molar-refractivity contribution in [1.82, 2.24) is 9.97 Å². The summed E-state index contributed by atoms with van der Waals surface area (Å²) in [6, 6.07) is 0.289. The van der Waals surface area contributed by atoms with E-state index in [1.165, 1.54) is 12.4 Å². The third kappa shape index (κ3) is 2.71. The second-order valence-corrected chi connectivity index (χ2v) is 2.22. The van der Waals surface area contributed by atoms with Crippen LogP contribution in [0.1, 0.15) is 6.42 Å². The first-order chi connectivity index (χ1) is 5.83. The number of anilines is 1. The maximum absolute atomic E-state index is 8.45. The number of nitrogen functional groups attached to an aromatic ring is 1. The van der Waals surface area contributed by atoms with Gasteiger partial charge in [-0.2, -0.15) is 0 Å². The van der Waals surface area contributed by atoms with Gasteiger partial charge in [0, 0.05) is 13.0 Å². The van der Waals surface area contributed by atoms with Gasteiger partial charge in [-0.25, -0.2) is 9.97 Å². The SMILES string of the molecule is Nc1cnc(OCCCO)nc1. The number of aromatic nitrogens is 2. The number of aliphatic hydroxyl groups is 1. The van der Waals surface area contributed by atoms with Crippen LogP contribution in [0.3, 0.4) is 0 Å². The van der Waals surface area contributed by atoms with E-state index in [9.17, 15) is 0 Å². The number of hydrogen-bond donors (Lipinski definition) is 2. The van der Waals surface area contributed by atoms with Crippen molar-refractivity contribution in [3.63, 3.8) is 0 Å². The highest BCUT2D eigenvalue weighted by Gasteiger charge is 1.94. The Morgan fingerprint density at radius 2 is 2.08 bits per heavy atom. The van der Waals surface area contributed by atoms with Gasteiger partial charge in [0.1, 0.15) is 0 Å². The van der Waals surface area contributed by atoms with E-state index in [1.54, 1.807) is 0 Å². The van der Waals surface area contributed by atoms with Gasteiger partial charge in [0.2, 0.25) is 0 Å². The van der Waals surface area contributed by atoms with E-state index < -0.39 is 0 Å². The summed E-state index contributed by atoms with van der Waals surface area (Å²) in [6.07, 6.45) is 3.52. The first-order valence-electron chi connectivity index (χ1n) is 3.64. The Hall–Kier alpha value is -1.36. The summed E-state index contributed by atoms with van der Waals surface area (Å²) < 4.78 is 5.06. The van der Waals surface area contributed by atoms with E-state index >= 15 is 0 Å². The highest BCUT2D eigenvalue weighted by molar-refractivity contribution is 5.30. The summed E-state index contributed by atoms with van der Waals surface area (Å²) in [5.41, 5.74) is 5.87. The normalized spacial score (nSPS) is 9.75. The fourth-order valence-corrected chi connectivity index (χ4v) is 0.629. The Bertz CT molecular complexity index is 225. The molecule has 0 atom stereocenters. The Morgan fingerprint density at radius 3 is 2.67 bits per heavy atom. The monoisotopic (exact) mass is 169 g/mol. The molecule has 0 saturated carbocycles. The zero-order chi connectivity index (χ0) is 8.81. The van der Waals surface area contributed by atoms with Crippen LogP contribution in [0.25, 0.3) is 0 Å². The van der Waals surface area contributed by atoms with Crippen molar-refractivity contribution >= 4 is 5.69 Å². The van der Waals surface area contributed by atoms with Crippen molar-refractivity contribution in [3.05, 3.63) is 12.4 Å². The van der Waals surface area contributed by atoms with Crippen LogP contribution in [0.15, 0.2) is 12.4 Å². The van der Waals surface area contributed by atoms with Gasteiger partial charge in [0.25, 0.3) is 0 Å². The largest absolute Gasteiger partial charge is 0.463 e. The molecule has 0 radical (unpaired) electrons. The number of hydrogen-bond acceptors (Lipinski definition) is 5. The molecule has 0 spiro atoms. The molecule has 0 aliphatic carbocycles. The Morgan fingerprint density at radius 1 is 1.42 bits per heavy atom. The van der Waals surface area contributed by atoms with Crippen molar-refractivity contribution in [3.8, 4) is 6.01 Å². The van der Waals surface area contributed by atoms with Gasteiger partial charge in [-0.1, -0.05) is 0 Å². The van der Waals surface area contributed by atoms with E-state index in [-0.39, 0.29) is 12.6 Å². The van der Waals surface area contributed by atoms with Gasteiger partial charge < -0.3 is 15.6 Å². The van der Waals surface area contributed by atoms with E-state index in [1.807, 2.05) is 0 Å². The molecular formula is C7H11N3O2. The summed E-state index contributed by atoms with van der Waals surface area (Å²) in [6.45, 7) is 0.523. The molecule has 1 aromatic rings. The topological polar surface area (TPSA) is 81.3 Å². The fourth-order valence-electron chi connectivity index (χ4n) is 0.629. The molecular weight excluding hydrogens is 158 g/mol. The predicted molar refractivity (Wildman–Crippen MR) is 43.6 cm³/mol. The van der Waals surface area contributed by atoms with Crippen molar-refractivity contribution in [1.29, 1.82) is 0 Å².